The Hall–Kier alpha value is -3.21. The fraction of sp³-hybridized carbons (Fsp3) is 0.368. The van der Waals surface area contributed by atoms with E-state index < -0.39 is 63.6 Å². The number of phenols is 2. The topological polar surface area (TPSA) is 49.7 Å². The average molecular weight is 754 g/mol. The van der Waals surface area contributed by atoms with Crippen LogP contribution in [0.2, 0.25) is 10.0 Å². The molecule has 2 fully saturated rings. The molecule has 2 N–H and O–H groups in total. The summed E-state index contributed by atoms with van der Waals surface area (Å²) in [5.74, 6) is -7.59. The highest BCUT2D eigenvalue weighted by Crippen LogP contribution is 2.62. The molecule has 0 saturated heterocycles. The lowest BCUT2D eigenvalue weighted by molar-refractivity contribution is -0.0402. The first kappa shape index (κ1) is 35.2. The summed E-state index contributed by atoms with van der Waals surface area (Å²) >= 11 is 14.3. The second-order valence-corrected chi connectivity index (χ2v) is 15.6. The van der Waals surface area contributed by atoms with Gasteiger partial charge in [0.05, 0.1) is 5.41 Å². The first-order chi connectivity index (χ1) is 23.7. The van der Waals surface area contributed by atoms with E-state index in [4.69, 9.17) is 27.9 Å². The Kier molecular flexibility index (Phi) is 9.00. The van der Waals surface area contributed by atoms with Crippen LogP contribution in [0.15, 0.2) is 77.7 Å². The second kappa shape index (κ2) is 12.8. The molecule has 0 aromatic heterocycles. The average Bonchev–Trinajstić information content (AvgIpc) is 3.43. The van der Waals surface area contributed by atoms with Gasteiger partial charge in [0.25, 0.3) is 5.92 Å². The van der Waals surface area contributed by atoms with E-state index in [0.717, 1.165) is 10.5 Å². The van der Waals surface area contributed by atoms with Crippen molar-refractivity contribution in [3.8, 4) is 17.2 Å². The first-order valence-corrected chi connectivity index (χ1v) is 18.0. The van der Waals surface area contributed by atoms with Gasteiger partial charge in [-0.1, -0.05) is 47.5 Å². The fourth-order valence-corrected chi connectivity index (χ4v) is 10.9. The summed E-state index contributed by atoms with van der Waals surface area (Å²) in [6.45, 7) is 0. The van der Waals surface area contributed by atoms with Gasteiger partial charge >= 0.3 is 0 Å². The van der Waals surface area contributed by atoms with E-state index in [2.05, 4.69) is 0 Å². The third-order valence-corrected chi connectivity index (χ3v) is 12.7. The molecule has 2 saturated carbocycles. The van der Waals surface area contributed by atoms with Crippen LogP contribution in [0.1, 0.15) is 73.6 Å². The molecule has 4 aliphatic rings. The van der Waals surface area contributed by atoms with Gasteiger partial charge in [0.1, 0.15) is 11.9 Å². The zero-order valence-electron chi connectivity index (χ0n) is 26.5. The molecular weight excluding hydrogens is 721 g/mol. The molecule has 4 atom stereocenters. The molecule has 12 heteroatoms. The summed E-state index contributed by atoms with van der Waals surface area (Å²) in [4.78, 5) is 0.878. The molecule has 0 bridgehead atoms. The lowest BCUT2D eigenvalue weighted by atomic mass is 9.68. The summed E-state index contributed by atoms with van der Waals surface area (Å²) in [5.41, 5.74) is 0.815. The molecule has 2 aliphatic carbocycles. The predicted octanol–water partition coefficient (Wildman–Crippen LogP) is 11.6. The van der Waals surface area contributed by atoms with Crippen LogP contribution in [0.3, 0.4) is 0 Å². The van der Waals surface area contributed by atoms with E-state index in [-0.39, 0.29) is 25.7 Å². The first-order valence-electron chi connectivity index (χ1n) is 16.3. The quantitative estimate of drug-likeness (QED) is 0.200. The van der Waals surface area contributed by atoms with Crippen LogP contribution in [0.4, 0.5) is 26.3 Å². The normalized spacial score (nSPS) is 27.3. The van der Waals surface area contributed by atoms with E-state index in [1.165, 1.54) is 36.0 Å². The van der Waals surface area contributed by atoms with Gasteiger partial charge in [0.15, 0.2) is 23.1 Å². The highest BCUT2D eigenvalue weighted by atomic mass is 35.5. The predicted molar refractivity (Wildman–Crippen MR) is 181 cm³/mol. The summed E-state index contributed by atoms with van der Waals surface area (Å²) in [5, 5.41) is 19.6. The maximum atomic E-state index is 14.3. The van der Waals surface area contributed by atoms with Crippen molar-refractivity contribution in [1.29, 1.82) is 0 Å². The van der Waals surface area contributed by atoms with E-state index in [1.807, 2.05) is 12.1 Å². The van der Waals surface area contributed by atoms with Crippen molar-refractivity contribution in [2.24, 2.45) is 0 Å². The number of rotatable bonds is 2. The number of alkyl halides is 4. The van der Waals surface area contributed by atoms with Gasteiger partial charge in [-0.05, 0) is 90.9 Å². The van der Waals surface area contributed by atoms with Crippen LogP contribution >= 0.6 is 35.0 Å². The standard InChI is InChI=1S/C19H16ClF3O2.C19H16ClF3OS/c2*20-12-3-1-4-15-17(12)19(11-5-6-14(24)13(21)9-11)8-2-7-18(22,23)10-16(19)25-15/h2*1,3-6,9,16,24H,2,7-8,10H2. The minimum atomic E-state index is -2.85. The number of hydrogen-bond donors (Lipinski definition) is 2. The van der Waals surface area contributed by atoms with Crippen molar-refractivity contribution in [2.75, 3.05) is 0 Å². The van der Waals surface area contributed by atoms with Gasteiger partial charge in [-0.3, -0.25) is 0 Å². The molecule has 50 heavy (non-hydrogen) atoms. The molecule has 4 aromatic carbocycles. The summed E-state index contributed by atoms with van der Waals surface area (Å²) in [6, 6.07) is 18.7. The Morgan fingerprint density at radius 1 is 0.660 bits per heavy atom. The number of aromatic hydroxyl groups is 2. The fourth-order valence-electron chi connectivity index (χ4n) is 8.42. The molecule has 4 unspecified atom stereocenters. The lowest BCUT2D eigenvalue weighted by Gasteiger charge is -2.36. The molecule has 0 amide bonds. The molecule has 0 spiro atoms. The van der Waals surface area contributed by atoms with Crippen LogP contribution in [0.25, 0.3) is 0 Å². The van der Waals surface area contributed by atoms with Crippen LogP contribution in [-0.2, 0) is 10.8 Å². The van der Waals surface area contributed by atoms with Crippen LogP contribution < -0.4 is 4.74 Å². The van der Waals surface area contributed by atoms with Crippen molar-refractivity contribution in [3.05, 3.63) is 117 Å². The monoisotopic (exact) mass is 752 g/mol. The Bertz CT molecular complexity index is 1820. The minimum absolute atomic E-state index is 0.174. The molecule has 8 rings (SSSR count). The SMILES string of the molecule is Oc1ccc(C23CCCC(F)(F)CC2Oc2cccc(Cl)c23)cc1F.Oc1ccc(C23CCCC(F)(F)CC2Sc2cccc(Cl)c23)cc1F. The van der Waals surface area contributed by atoms with Gasteiger partial charge in [0, 0.05) is 56.9 Å². The summed E-state index contributed by atoms with van der Waals surface area (Å²) < 4.78 is 91.1. The van der Waals surface area contributed by atoms with Crippen LogP contribution in [0, 0.1) is 11.6 Å². The van der Waals surface area contributed by atoms with Crippen molar-refractivity contribution in [1.82, 2.24) is 0 Å². The number of fused-ring (bicyclic) bond motifs is 6. The Morgan fingerprint density at radius 3 is 1.82 bits per heavy atom. The highest BCUT2D eigenvalue weighted by Gasteiger charge is 2.57. The summed E-state index contributed by atoms with van der Waals surface area (Å²) in [6.07, 6.45) is -0.553. The van der Waals surface area contributed by atoms with Crippen molar-refractivity contribution >= 4 is 35.0 Å². The number of thioether (sulfide) groups is 1. The van der Waals surface area contributed by atoms with E-state index >= 15 is 0 Å². The highest BCUT2D eigenvalue weighted by molar-refractivity contribution is 8.00. The lowest BCUT2D eigenvalue weighted by Crippen LogP contribution is -2.40. The third-order valence-electron chi connectivity index (χ3n) is 10.6. The molecule has 3 nitrogen and oxygen atoms in total. The van der Waals surface area contributed by atoms with E-state index in [9.17, 15) is 36.6 Å². The Morgan fingerprint density at radius 2 is 1.20 bits per heavy atom. The molecule has 0 radical (unpaired) electrons. The zero-order chi connectivity index (χ0) is 35.6. The van der Waals surface area contributed by atoms with Gasteiger partial charge in [-0.25, -0.2) is 26.3 Å². The maximum absolute atomic E-state index is 14.3. The van der Waals surface area contributed by atoms with E-state index in [1.54, 1.807) is 36.4 Å². The largest absolute Gasteiger partial charge is 0.505 e. The number of halogens is 8. The summed E-state index contributed by atoms with van der Waals surface area (Å²) in [7, 11) is 0. The van der Waals surface area contributed by atoms with Gasteiger partial charge in [-0.2, -0.15) is 0 Å². The van der Waals surface area contributed by atoms with Crippen molar-refractivity contribution < 1.29 is 41.3 Å². The number of ether oxygens (including phenoxy) is 1. The third kappa shape index (κ3) is 5.89. The van der Waals surface area contributed by atoms with Crippen LogP contribution in [-0.4, -0.2) is 33.4 Å². The minimum Gasteiger partial charge on any atom is -0.505 e. The van der Waals surface area contributed by atoms with E-state index in [0.29, 0.717) is 51.7 Å². The second-order valence-electron chi connectivity index (χ2n) is 13.5. The van der Waals surface area contributed by atoms with Gasteiger partial charge in [0.2, 0.25) is 5.92 Å². The molecular formula is C38H32Cl2F6O3S. The van der Waals surface area contributed by atoms with Crippen LogP contribution in [0.5, 0.6) is 17.2 Å². The Labute approximate surface area is 299 Å². The molecule has 2 heterocycles. The number of phenolic OH excluding ortho intramolecular Hbond substituents is 2. The van der Waals surface area contributed by atoms with Crippen molar-refractivity contribution in [2.45, 2.75) is 90.3 Å². The molecule has 4 aromatic rings. The van der Waals surface area contributed by atoms with Crippen molar-refractivity contribution in [3.63, 3.8) is 0 Å². The maximum Gasteiger partial charge on any atom is 0.251 e. The zero-order valence-corrected chi connectivity index (χ0v) is 28.8. The van der Waals surface area contributed by atoms with Gasteiger partial charge in [-0.15, -0.1) is 11.8 Å². The molecule has 2 aliphatic heterocycles. The van der Waals surface area contributed by atoms with Gasteiger partial charge < -0.3 is 14.9 Å². The number of hydrogen-bond acceptors (Lipinski definition) is 4. The Balaban J connectivity index is 0.000000157. The smallest absolute Gasteiger partial charge is 0.251 e. The molecule has 264 valence electrons. The number of benzene rings is 4.